The summed E-state index contributed by atoms with van der Waals surface area (Å²) in [6, 6.07) is 2.79. The van der Waals surface area contributed by atoms with Gasteiger partial charge in [-0.25, -0.2) is 4.79 Å². The van der Waals surface area contributed by atoms with Crippen molar-refractivity contribution in [3.8, 4) is 5.75 Å². The third-order valence-corrected chi connectivity index (χ3v) is 4.01. The predicted octanol–water partition coefficient (Wildman–Crippen LogP) is -0.501. The van der Waals surface area contributed by atoms with Crippen LogP contribution in [0.4, 0.5) is 0 Å². The standard InChI is InChI=1S/C18H27N3O6/c1-2-3-4-14(18(26)27)20-17(25)15(10-22)21-16(24)13(19)9-11-5-7-12(23)8-6-11/h5-8,13-15,22-23H,2-4,9-10,19H2,1H3,(H,20,25)(H,21,24)(H,26,27)/t13-,14-,15-/m0/s1. The summed E-state index contributed by atoms with van der Waals surface area (Å²) in [5.41, 5.74) is 6.54. The Labute approximate surface area is 157 Å². The molecular formula is C18H27N3O6. The highest BCUT2D eigenvalue weighted by atomic mass is 16.4. The van der Waals surface area contributed by atoms with E-state index in [1.54, 1.807) is 12.1 Å². The van der Waals surface area contributed by atoms with Crippen LogP contribution in [-0.4, -0.2) is 57.8 Å². The molecule has 0 unspecified atom stereocenters. The fourth-order valence-electron chi connectivity index (χ4n) is 2.39. The van der Waals surface area contributed by atoms with Gasteiger partial charge in [-0.2, -0.15) is 0 Å². The number of aliphatic hydroxyl groups is 1. The van der Waals surface area contributed by atoms with Gasteiger partial charge in [0.05, 0.1) is 12.6 Å². The van der Waals surface area contributed by atoms with E-state index in [1.807, 2.05) is 6.92 Å². The lowest BCUT2D eigenvalue weighted by Gasteiger charge is -2.21. The number of benzene rings is 1. The minimum Gasteiger partial charge on any atom is -0.508 e. The Morgan fingerprint density at radius 1 is 1.07 bits per heavy atom. The Bertz CT molecular complexity index is 634. The van der Waals surface area contributed by atoms with Crippen LogP contribution < -0.4 is 16.4 Å². The molecular weight excluding hydrogens is 354 g/mol. The van der Waals surface area contributed by atoms with Gasteiger partial charge in [-0.3, -0.25) is 9.59 Å². The maximum absolute atomic E-state index is 12.2. The first-order valence-corrected chi connectivity index (χ1v) is 8.76. The van der Waals surface area contributed by atoms with Gasteiger partial charge < -0.3 is 31.7 Å². The van der Waals surface area contributed by atoms with E-state index in [0.717, 1.165) is 6.42 Å². The van der Waals surface area contributed by atoms with Crippen LogP contribution in [0.2, 0.25) is 0 Å². The average Bonchev–Trinajstić information content (AvgIpc) is 2.64. The number of carbonyl (C=O) groups excluding carboxylic acids is 2. The van der Waals surface area contributed by atoms with Gasteiger partial charge >= 0.3 is 5.97 Å². The van der Waals surface area contributed by atoms with Crippen molar-refractivity contribution in [3.63, 3.8) is 0 Å². The number of hydrogen-bond donors (Lipinski definition) is 6. The van der Waals surface area contributed by atoms with Crippen LogP contribution in [0.3, 0.4) is 0 Å². The molecule has 0 saturated heterocycles. The van der Waals surface area contributed by atoms with Crippen LogP contribution in [0.1, 0.15) is 31.7 Å². The van der Waals surface area contributed by atoms with Gasteiger partial charge in [-0.05, 0) is 30.5 Å². The monoisotopic (exact) mass is 381 g/mol. The molecule has 0 spiro atoms. The van der Waals surface area contributed by atoms with Gasteiger partial charge in [0.2, 0.25) is 11.8 Å². The second-order valence-electron chi connectivity index (χ2n) is 6.26. The lowest BCUT2D eigenvalue weighted by Crippen LogP contribution is -2.56. The summed E-state index contributed by atoms with van der Waals surface area (Å²) in [4.78, 5) is 35.6. The maximum atomic E-state index is 12.2. The third kappa shape index (κ3) is 7.63. The first kappa shape index (κ1) is 22.4. The van der Waals surface area contributed by atoms with Crippen molar-refractivity contribution in [1.82, 2.24) is 10.6 Å². The number of hydrogen-bond acceptors (Lipinski definition) is 6. The van der Waals surface area contributed by atoms with Crippen LogP contribution in [-0.2, 0) is 20.8 Å². The highest BCUT2D eigenvalue weighted by molar-refractivity contribution is 5.91. The topological polar surface area (TPSA) is 162 Å². The molecule has 3 atom stereocenters. The fraction of sp³-hybridized carbons (Fsp3) is 0.500. The smallest absolute Gasteiger partial charge is 0.326 e. The minimum absolute atomic E-state index is 0.0878. The van der Waals surface area contributed by atoms with Crippen molar-refractivity contribution in [1.29, 1.82) is 0 Å². The number of nitrogens with one attached hydrogen (secondary N) is 2. The Balaban J connectivity index is 2.63. The highest BCUT2D eigenvalue weighted by Gasteiger charge is 2.27. The molecule has 0 aliphatic carbocycles. The molecule has 9 heteroatoms. The van der Waals surface area contributed by atoms with Crippen LogP contribution in [0.5, 0.6) is 5.75 Å². The summed E-state index contributed by atoms with van der Waals surface area (Å²) in [6.07, 6.45) is 1.81. The molecule has 1 rings (SSSR count). The summed E-state index contributed by atoms with van der Waals surface area (Å²) in [6.45, 7) is 1.20. The number of phenols is 1. The van der Waals surface area contributed by atoms with Crippen LogP contribution in [0.15, 0.2) is 24.3 Å². The zero-order chi connectivity index (χ0) is 20.4. The molecule has 0 saturated carbocycles. The number of unbranched alkanes of at least 4 members (excludes halogenated alkanes) is 1. The minimum atomic E-state index is -1.30. The Morgan fingerprint density at radius 3 is 2.19 bits per heavy atom. The number of carboxylic acids is 1. The Kier molecular flexibility index (Phi) is 9.24. The zero-order valence-electron chi connectivity index (χ0n) is 15.2. The number of aliphatic carboxylic acids is 1. The number of amides is 2. The quantitative estimate of drug-likeness (QED) is 0.301. The second-order valence-corrected chi connectivity index (χ2v) is 6.26. The molecule has 2 amide bonds. The lowest BCUT2D eigenvalue weighted by molar-refractivity contribution is -0.142. The summed E-state index contributed by atoms with van der Waals surface area (Å²) in [5, 5.41) is 32.4. The Morgan fingerprint density at radius 2 is 1.67 bits per heavy atom. The lowest BCUT2D eigenvalue weighted by atomic mass is 10.1. The number of phenolic OH excluding ortho intramolecular Hbond substituents is 1. The van der Waals surface area contributed by atoms with E-state index >= 15 is 0 Å². The van der Waals surface area contributed by atoms with Crippen molar-refractivity contribution in [2.75, 3.05) is 6.61 Å². The average molecular weight is 381 g/mol. The zero-order valence-corrected chi connectivity index (χ0v) is 15.2. The van der Waals surface area contributed by atoms with E-state index in [0.29, 0.717) is 12.0 Å². The van der Waals surface area contributed by atoms with Crippen molar-refractivity contribution in [2.45, 2.75) is 50.7 Å². The largest absolute Gasteiger partial charge is 0.508 e. The van der Waals surface area contributed by atoms with Crippen molar-refractivity contribution >= 4 is 17.8 Å². The predicted molar refractivity (Wildman–Crippen MR) is 97.9 cm³/mol. The molecule has 7 N–H and O–H groups in total. The summed E-state index contributed by atoms with van der Waals surface area (Å²) in [5.74, 6) is -2.53. The van der Waals surface area contributed by atoms with E-state index in [2.05, 4.69) is 10.6 Å². The van der Waals surface area contributed by atoms with E-state index < -0.39 is 42.5 Å². The summed E-state index contributed by atoms with van der Waals surface area (Å²) < 4.78 is 0. The molecule has 27 heavy (non-hydrogen) atoms. The summed E-state index contributed by atoms with van der Waals surface area (Å²) in [7, 11) is 0. The number of aromatic hydroxyl groups is 1. The molecule has 0 radical (unpaired) electrons. The van der Waals surface area contributed by atoms with Crippen LogP contribution in [0, 0.1) is 0 Å². The summed E-state index contributed by atoms with van der Waals surface area (Å²) >= 11 is 0. The molecule has 9 nitrogen and oxygen atoms in total. The number of aliphatic hydroxyl groups excluding tert-OH is 1. The first-order valence-electron chi connectivity index (χ1n) is 8.76. The normalized spacial score (nSPS) is 14.0. The van der Waals surface area contributed by atoms with Crippen molar-refractivity contribution < 1.29 is 29.7 Å². The van der Waals surface area contributed by atoms with Gasteiger partial charge in [0, 0.05) is 0 Å². The molecule has 0 aliphatic heterocycles. The second kappa shape index (κ2) is 11.1. The SMILES string of the molecule is CCCC[C@H](NC(=O)[C@H](CO)NC(=O)[C@@H](N)Cc1ccc(O)cc1)C(=O)O. The molecule has 0 aliphatic rings. The number of carboxylic acid groups (broad SMARTS) is 1. The van der Waals surface area contributed by atoms with Gasteiger partial charge in [0.25, 0.3) is 0 Å². The van der Waals surface area contributed by atoms with Gasteiger partial charge in [-0.1, -0.05) is 31.9 Å². The van der Waals surface area contributed by atoms with Gasteiger partial charge in [-0.15, -0.1) is 0 Å². The van der Waals surface area contributed by atoms with Crippen molar-refractivity contribution in [2.24, 2.45) is 5.73 Å². The number of rotatable bonds is 11. The molecule has 1 aromatic rings. The first-order chi connectivity index (χ1) is 12.8. The van der Waals surface area contributed by atoms with Crippen LogP contribution >= 0.6 is 0 Å². The number of nitrogens with two attached hydrogens (primary N) is 1. The number of carbonyl (C=O) groups is 3. The van der Waals surface area contributed by atoms with Gasteiger partial charge in [0.15, 0.2) is 0 Å². The molecule has 0 bridgehead atoms. The molecule has 0 aromatic heterocycles. The third-order valence-electron chi connectivity index (χ3n) is 4.01. The van der Waals surface area contributed by atoms with Crippen molar-refractivity contribution in [3.05, 3.63) is 29.8 Å². The van der Waals surface area contributed by atoms with Gasteiger partial charge in [0.1, 0.15) is 17.8 Å². The molecule has 1 aromatic carbocycles. The molecule has 0 heterocycles. The van der Waals surface area contributed by atoms with E-state index in [-0.39, 0.29) is 18.6 Å². The fourth-order valence-corrected chi connectivity index (χ4v) is 2.39. The highest BCUT2D eigenvalue weighted by Crippen LogP contribution is 2.11. The molecule has 0 fully saturated rings. The van der Waals surface area contributed by atoms with E-state index in [1.165, 1.54) is 12.1 Å². The van der Waals surface area contributed by atoms with Crippen LogP contribution in [0.25, 0.3) is 0 Å². The van der Waals surface area contributed by atoms with E-state index in [9.17, 15) is 24.6 Å². The Hall–Kier alpha value is -2.65. The van der Waals surface area contributed by atoms with E-state index in [4.69, 9.17) is 10.8 Å². The maximum Gasteiger partial charge on any atom is 0.326 e. The molecule has 150 valence electrons.